The summed E-state index contributed by atoms with van der Waals surface area (Å²) in [6.45, 7) is 0. The third-order valence-corrected chi connectivity index (χ3v) is 4.94. The number of hydrogen-bond acceptors (Lipinski definition) is 5. The summed E-state index contributed by atoms with van der Waals surface area (Å²) in [5.74, 6) is -2.86. The van der Waals surface area contributed by atoms with Crippen LogP contribution in [0.15, 0.2) is 78.9 Å². The van der Waals surface area contributed by atoms with Crippen molar-refractivity contribution < 1.29 is 33.6 Å². The molecule has 7 heteroatoms. The second-order valence-electron chi connectivity index (χ2n) is 7.43. The fourth-order valence-corrected chi connectivity index (χ4v) is 3.29. The van der Waals surface area contributed by atoms with E-state index in [1.54, 1.807) is 24.3 Å². The SMILES string of the molecule is O=C(Oc1cc(O)cc(C=Cc2ccc(O)cc2)c1)c1cc(-c2ccc(F)cc2F)ccc1O. The molecule has 0 aliphatic carbocycles. The number of aromatic hydroxyl groups is 3. The molecule has 0 spiro atoms. The molecule has 0 fully saturated rings. The van der Waals surface area contributed by atoms with E-state index in [9.17, 15) is 28.9 Å². The number of carbonyl (C=O) groups is 1. The van der Waals surface area contributed by atoms with E-state index in [-0.39, 0.29) is 39.7 Å². The lowest BCUT2D eigenvalue weighted by Gasteiger charge is -2.10. The van der Waals surface area contributed by atoms with Gasteiger partial charge in [-0.1, -0.05) is 30.4 Å². The Bertz CT molecular complexity index is 1400. The average molecular weight is 460 g/mol. The Morgan fingerprint density at radius 3 is 2.21 bits per heavy atom. The first-order chi connectivity index (χ1) is 16.3. The molecule has 0 amide bonds. The Morgan fingerprint density at radius 1 is 0.735 bits per heavy atom. The molecule has 4 rings (SSSR count). The van der Waals surface area contributed by atoms with E-state index in [0.29, 0.717) is 5.56 Å². The minimum absolute atomic E-state index is 0.0214. The number of rotatable bonds is 5. The third kappa shape index (κ3) is 5.21. The topological polar surface area (TPSA) is 87.0 Å². The molecule has 0 saturated heterocycles. The summed E-state index contributed by atoms with van der Waals surface area (Å²) in [5, 5.41) is 29.5. The molecule has 0 aromatic heterocycles. The van der Waals surface area contributed by atoms with Crippen LogP contribution in [0.5, 0.6) is 23.0 Å². The number of esters is 1. The first-order valence-electron chi connectivity index (χ1n) is 10.1. The van der Waals surface area contributed by atoms with E-state index < -0.39 is 17.6 Å². The number of benzene rings is 4. The molecule has 0 atom stereocenters. The van der Waals surface area contributed by atoms with Gasteiger partial charge in [-0.2, -0.15) is 0 Å². The lowest BCUT2D eigenvalue weighted by Crippen LogP contribution is -2.09. The highest BCUT2D eigenvalue weighted by atomic mass is 19.1. The van der Waals surface area contributed by atoms with Gasteiger partial charge in [0, 0.05) is 17.7 Å². The van der Waals surface area contributed by atoms with Gasteiger partial charge in [0.2, 0.25) is 0 Å². The van der Waals surface area contributed by atoms with Crippen LogP contribution in [0.1, 0.15) is 21.5 Å². The normalized spacial score (nSPS) is 11.0. The molecule has 170 valence electrons. The van der Waals surface area contributed by atoms with Crippen molar-refractivity contribution in [2.24, 2.45) is 0 Å². The van der Waals surface area contributed by atoms with Gasteiger partial charge in [-0.3, -0.25) is 0 Å². The van der Waals surface area contributed by atoms with Gasteiger partial charge < -0.3 is 20.1 Å². The van der Waals surface area contributed by atoms with Gasteiger partial charge in [-0.05, 0) is 65.2 Å². The molecule has 0 aliphatic heterocycles. The summed E-state index contributed by atoms with van der Waals surface area (Å²) in [6.07, 6.45) is 3.42. The number of hydrogen-bond donors (Lipinski definition) is 3. The summed E-state index contributed by atoms with van der Waals surface area (Å²) >= 11 is 0. The Kier molecular flexibility index (Phi) is 6.27. The molecule has 0 saturated carbocycles. The molecule has 4 aromatic rings. The average Bonchev–Trinajstić information content (AvgIpc) is 2.79. The molecule has 0 radical (unpaired) electrons. The standard InChI is InChI=1S/C27H18F2O5/c28-19-6-9-23(25(29)14-19)18-5-10-26(32)24(13-18)27(33)34-22-12-17(11-21(31)15-22)2-1-16-3-7-20(30)8-4-16/h1-15,30-32H. The van der Waals surface area contributed by atoms with Crippen LogP contribution in [0.4, 0.5) is 8.78 Å². The summed E-state index contributed by atoms with van der Waals surface area (Å²) < 4.78 is 32.7. The van der Waals surface area contributed by atoms with Crippen LogP contribution < -0.4 is 4.74 Å². The van der Waals surface area contributed by atoms with Crippen molar-refractivity contribution in [2.75, 3.05) is 0 Å². The Balaban J connectivity index is 1.58. The maximum Gasteiger partial charge on any atom is 0.347 e. The largest absolute Gasteiger partial charge is 0.508 e. The fourth-order valence-electron chi connectivity index (χ4n) is 3.29. The summed E-state index contributed by atoms with van der Waals surface area (Å²) in [6, 6.07) is 17.6. The van der Waals surface area contributed by atoms with E-state index in [0.717, 1.165) is 17.7 Å². The molecule has 0 aliphatic rings. The van der Waals surface area contributed by atoms with Crippen molar-refractivity contribution in [3.05, 3.63) is 107 Å². The quantitative estimate of drug-likeness (QED) is 0.189. The highest BCUT2D eigenvalue weighted by Crippen LogP contribution is 2.30. The van der Waals surface area contributed by atoms with Crippen LogP contribution in [0, 0.1) is 11.6 Å². The lowest BCUT2D eigenvalue weighted by molar-refractivity contribution is 0.0731. The molecule has 34 heavy (non-hydrogen) atoms. The van der Waals surface area contributed by atoms with Gasteiger partial charge in [-0.15, -0.1) is 0 Å². The predicted molar refractivity (Wildman–Crippen MR) is 124 cm³/mol. The van der Waals surface area contributed by atoms with Crippen molar-refractivity contribution in [3.8, 4) is 34.1 Å². The molecule has 0 bridgehead atoms. The van der Waals surface area contributed by atoms with E-state index in [2.05, 4.69) is 0 Å². The monoisotopic (exact) mass is 460 g/mol. The van der Waals surface area contributed by atoms with Crippen molar-refractivity contribution in [3.63, 3.8) is 0 Å². The van der Waals surface area contributed by atoms with E-state index in [4.69, 9.17) is 4.74 Å². The minimum Gasteiger partial charge on any atom is -0.508 e. The van der Waals surface area contributed by atoms with E-state index in [1.165, 1.54) is 54.6 Å². The van der Waals surface area contributed by atoms with Crippen LogP contribution in [0.3, 0.4) is 0 Å². The highest BCUT2D eigenvalue weighted by molar-refractivity contribution is 5.95. The fraction of sp³-hybridized carbons (Fsp3) is 0. The van der Waals surface area contributed by atoms with Crippen molar-refractivity contribution in [1.29, 1.82) is 0 Å². The Labute approximate surface area is 193 Å². The second-order valence-corrected chi connectivity index (χ2v) is 7.43. The van der Waals surface area contributed by atoms with Gasteiger partial charge >= 0.3 is 5.97 Å². The maximum absolute atomic E-state index is 14.2. The molecule has 4 aromatic carbocycles. The van der Waals surface area contributed by atoms with E-state index in [1.807, 2.05) is 0 Å². The summed E-state index contributed by atoms with van der Waals surface area (Å²) in [7, 11) is 0. The smallest absolute Gasteiger partial charge is 0.347 e. The summed E-state index contributed by atoms with van der Waals surface area (Å²) in [5.41, 5.74) is 1.40. The van der Waals surface area contributed by atoms with Gasteiger partial charge in [-0.25, -0.2) is 13.6 Å². The van der Waals surface area contributed by atoms with Crippen LogP contribution >= 0.6 is 0 Å². The van der Waals surface area contributed by atoms with Crippen molar-refractivity contribution in [2.45, 2.75) is 0 Å². The van der Waals surface area contributed by atoms with Crippen LogP contribution in [-0.4, -0.2) is 21.3 Å². The minimum atomic E-state index is -0.930. The van der Waals surface area contributed by atoms with Gasteiger partial charge in [0.15, 0.2) is 0 Å². The van der Waals surface area contributed by atoms with Gasteiger partial charge in [0.1, 0.15) is 40.2 Å². The molecular formula is C27H18F2O5. The number of carbonyl (C=O) groups excluding carboxylic acids is 1. The molecular weight excluding hydrogens is 442 g/mol. The van der Waals surface area contributed by atoms with E-state index >= 15 is 0 Å². The highest BCUT2D eigenvalue weighted by Gasteiger charge is 2.17. The lowest BCUT2D eigenvalue weighted by atomic mass is 10.0. The zero-order chi connectivity index (χ0) is 24.2. The molecule has 0 heterocycles. The number of halogens is 2. The van der Waals surface area contributed by atoms with Crippen molar-refractivity contribution in [1.82, 2.24) is 0 Å². The van der Waals surface area contributed by atoms with Gasteiger partial charge in [0.05, 0.1) is 0 Å². The molecule has 0 unspecified atom stereocenters. The van der Waals surface area contributed by atoms with Gasteiger partial charge in [0.25, 0.3) is 0 Å². The first kappa shape index (κ1) is 22.5. The second kappa shape index (κ2) is 9.46. The van der Waals surface area contributed by atoms with Crippen LogP contribution in [0.2, 0.25) is 0 Å². The molecule has 3 N–H and O–H groups in total. The van der Waals surface area contributed by atoms with Crippen LogP contribution in [-0.2, 0) is 0 Å². The van der Waals surface area contributed by atoms with Crippen molar-refractivity contribution >= 4 is 18.1 Å². The summed E-state index contributed by atoms with van der Waals surface area (Å²) in [4.78, 5) is 12.7. The zero-order valence-corrected chi connectivity index (χ0v) is 17.6. The maximum atomic E-state index is 14.2. The Morgan fingerprint density at radius 2 is 1.47 bits per heavy atom. The number of ether oxygens (including phenoxy) is 1. The van der Waals surface area contributed by atoms with Crippen LogP contribution in [0.25, 0.3) is 23.3 Å². The molecule has 5 nitrogen and oxygen atoms in total. The number of phenols is 3. The Hall–Kier alpha value is -4.65. The first-order valence-corrected chi connectivity index (χ1v) is 10.1. The third-order valence-electron chi connectivity index (χ3n) is 4.94. The predicted octanol–water partition coefficient (Wildman–Crippen LogP) is 6.14. The zero-order valence-electron chi connectivity index (χ0n) is 17.6. The number of phenolic OH excluding ortho intramolecular Hbond substituents is 3.